The minimum Gasteiger partial charge on any atom is -0.405 e. The number of benzene rings is 2. The molecule has 0 N–H and O–H groups in total. The van der Waals surface area contributed by atoms with E-state index in [1.165, 1.54) is 16.8 Å². The van der Waals surface area contributed by atoms with E-state index in [2.05, 4.69) is 97.4 Å². The van der Waals surface area contributed by atoms with Gasteiger partial charge in [0.15, 0.2) is 0 Å². The predicted octanol–water partition coefficient (Wildman–Crippen LogP) is 4.66. The molecule has 0 aliphatic carbocycles. The van der Waals surface area contributed by atoms with Crippen LogP contribution >= 0.6 is 15.9 Å². The van der Waals surface area contributed by atoms with Crippen molar-refractivity contribution >= 4 is 34.6 Å². The molecule has 162 valence electrons. The highest BCUT2D eigenvalue weighted by Crippen LogP contribution is 2.40. The van der Waals surface area contributed by atoms with Crippen molar-refractivity contribution in [3.05, 3.63) is 60.7 Å². The highest BCUT2D eigenvalue weighted by Gasteiger charge is 2.53. The smallest absolute Gasteiger partial charge is 0.261 e. The van der Waals surface area contributed by atoms with Gasteiger partial charge in [-0.15, -0.1) is 0 Å². The Kier molecular flexibility index (Phi) is 6.85. The molecule has 2 aromatic carbocycles. The maximum absolute atomic E-state index is 6.98. The number of alkyl halides is 1. The molecule has 2 aliphatic heterocycles. The van der Waals surface area contributed by atoms with Gasteiger partial charge in [-0.1, -0.05) is 97.4 Å². The minimum atomic E-state index is -2.47. The molecule has 0 amide bonds. The molecule has 4 atom stereocenters. The summed E-state index contributed by atoms with van der Waals surface area (Å²) >= 11 is 3.50. The van der Waals surface area contributed by atoms with Crippen molar-refractivity contribution in [1.82, 2.24) is 0 Å². The summed E-state index contributed by atoms with van der Waals surface area (Å²) < 4.78 is 18.8. The Bertz CT molecular complexity index is 769. The maximum Gasteiger partial charge on any atom is 0.261 e. The highest BCUT2D eigenvalue weighted by atomic mass is 79.9. The molecular weight excluding hydrogens is 456 g/mol. The van der Waals surface area contributed by atoms with Crippen molar-refractivity contribution in [2.24, 2.45) is 0 Å². The molecule has 30 heavy (non-hydrogen) atoms. The molecule has 0 unspecified atom stereocenters. The van der Waals surface area contributed by atoms with Crippen LogP contribution in [-0.4, -0.2) is 44.7 Å². The van der Waals surface area contributed by atoms with E-state index in [1.54, 1.807) is 0 Å². The number of hydrogen-bond donors (Lipinski definition) is 0. The lowest BCUT2D eigenvalue weighted by Gasteiger charge is -2.43. The lowest BCUT2D eigenvalue weighted by Crippen LogP contribution is -2.66. The van der Waals surface area contributed by atoms with E-state index >= 15 is 0 Å². The molecule has 0 spiro atoms. The molecule has 4 rings (SSSR count). The van der Waals surface area contributed by atoms with Gasteiger partial charge in [-0.25, -0.2) is 0 Å². The SMILES string of the molecule is CC(C)(C)[Si](OC[C@H]1O[C@@H]1C[C@H]1O[C@@H]1CCCBr)(c1ccccc1)c1ccccc1. The number of ether oxygens (including phenoxy) is 2. The van der Waals surface area contributed by atoms with Crippen molar-refractivity contribution in [1.29, 1.82) is 0 Å². The van der Waals surface area contributed by atoms with Crippen LogP contribution in [0.4, 0.5) is 0 Å². The molecule has 5 heteroatoms. The third kappa shape index (κ3) is 4.75. The van der Waals surface area contributed by atoms with E-state index in [9.17, 15) is 0 Å². The van der Waals surface area contributed by atoms with Crippen LogP contribution in [0.5, 0.6) is 0 Å². The van der Waals surface area contributed by atoms with E-state index < -0.39 is 8.32 Å². The largest absolute Gasteiger partial charge is 0.405 e. The normalized spacial score (nSPS) is 25.9. The zero-order chi connectivity index (χ0) is 21.2. The predicted molar refractivity (Wildman–Crippen MR) is 129 cm³/mol. The first-order chi connectivity index (χ1) is 14.5. The van der Waals surface area contributed by atoms with Gasteiger partial charge in [0, 0.05) is 11.8 Å². The van der Waals surface area contributed by atoms with Gasteiger partial charge < -0.3 is 13.9 Å². The summed E-state index contributed by atoms with van der Waals surface area (Å²) in [6, 6.07) is 21.6. The lowest BCUT2D eigenvalue weighted by molar-refractivity contribution is 0.246. The summed E-state index contributed by atoms with van der Waals surface area (Å²) in [5.74, 6) is 0. The molecule has 0 radical (unpaired) electrons. The Balaban J connectivity index is 1.47. The first kappa shape index (κ1) is 22.2. The third-order valence-electron chi connectivity index (χ3n) is 6.34. The highest BCUT2D eigenvalue weighted by molar-refractivity contribution is 9.09. The van der Waals surface area contributed by atoms with E-state index in [4.69, 9.17) is 13.9 Å². The Labute approximate surface area is 190 Å². The van der Waals surface area contributed by atoms with Gasteiger partial charge in [-0.05, 0) is 28.3 Å². The Morgan fingerprint density at radius 3 is 1.90 bits per heavy atom. The van der Waals surface area contributed by atoms with Crippen LogP contribution < -0.4 is 10.4 Å². The quantitative estimate of drug-likeness (QED) is 0.277. The second kappa shape index (κ2) is 9.25. The third-order valence-corrected chi connectivity index (χ3v) is 11.9. The van der Waals surface area contributed by atoms with Gasteiger partial charge in [-0.3, -0.25) is 0 Å². The average Bonchev–Trinajstić information content (AvgIpc) is 3.66. The van der Waals surface area contributed by atoms with Gasteiger partial charge in [0.25, 0.3) is 8.32 Å². The molecule has 0 bridgehead atoms. The van der Waals surface area contributed by atoms with Crippen LogP contribution in [0.3, 0.4) is 0 Å². The number of hydrogen-bond acceptors (Lipinski definition) is 3. The summed E-state index contributed by atoms with van der Waals surface area (Å²) in [5.41, 5.74) is 0. The second-order valence-electron chi connectivity index (χ2n) is 9.47. The molecule has 2 saturated heterocycles. The second-order valence-corrected chi connectivity index (χ2v) is 14.6. The van der Waals surface area contributed by atoms with E-state index in [1.807, 2.05) is 0 Å². The van der Waals surface area contributed by atoms with E-state index in [0.29, 0.717) is 18.8 Å². The molecule has 2 fully saturated rings. The van der Waals surface area contributed by atoms with Crippen LogP contribution in [0.15, 0.2) is 60.7 Å². The Hall–Kier alpha value is -0.983. The van der Waals surface area contributed by atoms with Crippen molar-refractivity contribution in [2.75, 3.05) is 11.9 Å². The minimum absolute atomic E-state index is 0.000468. The van der Waals surface area contributed by atoms with Gasteiger partial charge in [-0.2, -0.15) is 0 Å². The number of epoxide rings is 2. The van der Waals surface area contributed by atoms with Crippen LogP contribution in [0.2, 0.25) is 5.04 Å². The molecule has 3 nitrogen and oxygen atoms in total. The van der Waals surface area contributed by atoms with Gasteiger partial charge in [0.05, 0.1) is 24.9 Å². The fourth-order valence-corrected chi connectivity index (χ4v) is 9.54. The summed E-state index contributed by atoms with van der Waals surface area (Å²) in [5, 5.41) is 3.69. The lowest BCUT2D eigenvalue weighted by atomic mass is 10.1. The van der Waals surface area contributed by atoms with E-state index in [-0.39, 0.29) is 17.2 Å². The number of rotatable bonds is 10. The van der Waals surface area contributed by atoms with Crippen LogP contribution in [0.1, 0.15) is 40.0 Å². The fraction of sp³-hybridized carbons (Fsp3) is 0.520. The Morgan fingerprint density at radius 2 is 1.37 bits per heavy atom. The average molecular weight is 490 g/mol. The van der Waals surface area contributed by atoms with Gasteiger partial charge in [0.1, 0.15) is 6.10 Å². The van der Waals surface area contributed by atoms with Crippen molar-refractivity contribution < 1.29 is 13.9 Å². The van der Waals surface area contributed by atoms with Crippen LogP contribution in [0.25, 0.3) is 0 Å². The molecule has 2 heterocycles. The summed E-state index contributed by atoms with van der Waals surface area (Å²) in [6.45, 7) is 7.60. The first-order valence-electron chi connectivity index (χ1n) is 11.1. The van der Waals surface area contributed by atoms with Crippen LogP contribution in [0, 0.1) is 0 Å². The Morgan fingerprint density at radius 1 is 0.833 bits per heavy atom. The zero-order valence-electron chi connectivity index (χ0n) is 18.2. The topological polar surface area (TPSA) is 34.3 Å². The van der Waals surface area contributed by atoms with Crippen molar-refractivity contribution in [2.45, 2.75) is 69.5 Å². The molecule has 2 aliphatic rings. The zero-order valence-corrected chi connectivity index (χ0v) is 20.8. The number of halogens is 1. The maximum atomic E-state index is 6.98. The molecule has 0 saturated carbocycles. The van der Waals surface area contributed by atoms with Crippen molar-refractivity contribution in [3.63, 3.8) is 0 Å². The summed E-state index contributed by atoms with van der Waals surface area (Å²) in [6.07, 6.45) is 4.60. The first-order valence-corrected chi connectivity index (χ1v) is 14.1. The molecular formula is C25H33BrO3Si. The van der Waals surface area contributed by atoms with Crippen molar-refractivity contribution in [3.8, 4) is 0 Å². The monoisotopic (exact) mass is 488 g/mol. The summed E-state index contributed by atoms with van der Waals surface area (Å²) in [4.78, 5) is 0. The molecule has 2 aromatic rings. The van der Waals surface area contributed by atoms with E-state index in [0.717, 1.165) is 18.2 Å². The fourth-order valence-electron chi connectivity index (χ4n) is 4.65. The van der Waals surface area contributed by atoms with Crippen LogP contribution in [-0.2, 0) is 13.9 Å². The molecule has 0 aromatic heterocycles. The van der Waals surface area contributed by atoms with Gasteiger partial charge in [0.2, 0.25) is 0 Å². The van der Waals surface area contributed by atoms with Gasteiger partial charge >= 0.3 is 0 Å². The summed E-state index contributed by atoms with van der Waals surface area (Å²) in [7, 11) is -2.47. The standard InChI is InChI=1S/C25H33BrO3Si/c1-25(2,3)30(19-11-6-4-7-12-19,20-13-8-5-9-14-20)27-18-24-23(29-24)17-22-21(28-22)15-10-16-26/h4-9,11-14,21-24H,10,15-18H2,1-3H3/t21-,22-,23-,24-/m1/s1.